The molecule has 1 saturated carbocycles. The molecule has 21 heavy (non-hydrogen) atoms. The van der Waals surface area contributed by atoms with Gasteiger partial charge in [0.05, 0.1) is 5.37 Å². The Labute approximate surface area is 130 Å². The first-order chi connectivity index (χ1) is 9.90. The van der Waals surface area contributed by atoms with Gasteiger partial charge in [-0.1, -0.05) is 27.2 Å². The third-order valence-electron chi connectivity index (χ3n) is 4.47. The highest BCUT2D eigenvalue weighted by Gasteiger charge is 2.43. The maximum Gasteiger partial charge on any atom is 0.327 e. The van der Waals surface area contributed by atoms with E-state index in [2.05, 4.69) is 12.2 Å². The standard InChI is InChI=1S/C15H26N2O3S/c1-9(2)13-17(12(8-21-13)14(18)19)15(20)16-7-11-5-4-10(3)6-11/h9-13H,4-8H2,1-3H3,(H,16,20)(H,18,19). The molecular formula is C15H26N2O3S. The molecule has 2 fully saturated rings. The summed E-state index contributed by atoms with van der Waals surface area (Å²) in [6.45, 7) is 6.97. The Morgan fingerprint density at radius 2 is 2.10 bits per heavy atom. The van der Waals surface area contributed by atoms with Crippen molar-refractivity contribution < 1.29 is 14.7 Å². The van der Waals surface area contributed by atoms with Crippen molar-refractivity contribution in [2.45, 2.75) is 51.4 Å². The molecular weight excluding hydrogens is 288 g/mol. The number of rotatable bonds is 4. The molecule has 0 bridgehead atoms. The van der Waals surface area contributed by atoms with Gasteiger partial charge in [-0.3, -0.25) is 4.90 Å². The van der Waals surface area contributed by atoms with E-state index in [1.807, 2.05) is 13.8 Å². The van der Waals surface area contributed by atoms with Gasteiger partial charge in [-0.2, -0.15) is 0 Å². The minimum atomic E-state index is -0.907. The zero-order valence-electron chi connectivity index (χ0n) is 13.0. The van der Waals surface area contributed by atoms with Crippen LogP contribution in [0.3, 0.4) is 0 Å². The summed E-state index contributed by atoms with van der Waals surface area (Å²) in [6.07, 6.45) is 3.55. The molecule has 0 aromatic carbocycles. The van der Waals surface area contributed by atoms with E-state index in [0.717, 1.165) is 18.8 Å². The van der Waals surface area contributed by atoms with Gasteiger partial charge in [0.2, 0.25) is 0 Å². The number of thioether (sulfide) groups is 1. The van der Waals surface area contributed by atoms with Gasteiger partial charge in [0.25, 0.3) is 0 Å². The van der Waals surface area contributed by atoms with Crippen LogP contribution in [0.2, 0.25) is 0 Å². The largest absolute Gasteiger partial charge is 0.480 e. The normalized spacial score (nSPS) is 32.7. The summed E-state index contributed by atoms with van der Waals surface area (Å²) in [6, 6.07) is -0.921. The Kier molecular flexibility index (Phi) is 5.41. The van der Waals surface area contributed by atoms with Crippen molar-refractivity contribution in [3.63, 3.8) is 0 Å². The first kappa shape index (κ1) is 16.5. The number of carboxylic acid groups (broad SMARTS) is 1. The van der Waals surface area contributed by atoms with Gasteiger partial charge in [-0.05, 0) is 30.6 Å². The SMILES string of the molecule is CC1CCC(CNC(=O)N2C(C(=O)O)CSC2C(C)C)C1. The van der Waals surface area contributed by atoms with Gasteiger partial charge < -0.3 is 10.4 Å². The molecule has 5 nitrogen and oxygen atoms in total. The van der Waals surface area contributed by atoms with Crippen LogP contribution in [0, 0.1) is 17.8 Å². The number of carbonyl (C=O) groups excluding carboxylic acids is 1. The van der Waals surface area contributed by atoms with Gasteiger partial charge >= 0.3 is 12.0 Å². The molecule has 0 aromatic rings. The molecule has 2 amide bonds. The highest BCUT2D eigenvalue weighted by Crippen LogP contribution is 2.34. The van der Waals surface area contributed by atoms with Gasteiger partial charge in [-0.15, -0.1) is 11.8 Å². The lowest BCUT2D eigenvalue weighted by Crippen LogP contribution is -2.52. The Balaban J connectivity index is 1.95. The average Bonchev–Trinajstić information content (AvgIpc) is 3.01. The van der Waals surface area contributed by atoms with Crippen molar-refractivity contribution in [2.24, 2.45) is 17.8 Å². The van der Waals surface area contributed by atoms with Crippen LogP contribution in [0.15, 0.2) is 0 Å². The summed E-state index contributed by atoms with van der Waals surface area (Å²) < 4.78 is 0. The zero-order valence-corrected chi connectivity index (χ0v) is 13.9. The van der Waals surface area contributed by atoms with Crippen LogP contribution >= 0.6 is 11.8 Å². The van der Waals surface area contributed by atoms with Gasteiger partial charge in [0, 0.05) is 12.3 Å². The van der Waals surface area contributed by atoms with E-state index >= 15 is 0 Å². The number of carbonyl (C=O) groups is 2. The van der Waals surface area contributed by atoms with Crippen LogP contribution in [-0.4, -0.2) is 45.7 Å². The lowest BCUT2D eigenvalue weighted by atomic mass is 10.1. The molecule has 4 atom stereocenters. The van der Waals surface area contributed by atoms with E-state index < -0.39 is 12.0 Å². The van der Waals surface area contributed by atoms with Crippen LogP contribution in [0.1, 0.15) is 40.0 Å². The molecule has 1 saturated heterocycles. The van der Waals surface area contributed by atoms with Gasteiger partial charge in [-0.25, -0.2) is 9.59 Å². The van der Waals surface area contributed by atoms with E-state index in [1.165, 1.54) is 11.3 Å². The second kappa shape index (κ2) is 6.90. The molecule has 0 aromatic heterocycles. The van der Waals surface area contributed by atoms with E-state index in [9.17, 15) is 14.7 Å². The quantitative estimate of drug-likeness (QED) is 0.837. The minimum absolute atomic E-state index is 0.0476. The lowest BCUT2D eigenvalue weighted by Gasteiger charge is -2.30. The Morgan fingerprint density at radius 1 is 1.38 bits per heavy atom. The molecule has 0 radical (unpaired) electrons. The summed E-state index contributed by atoms with van der Waals surface area (Å²) in [5.41, 5.74) is 0. The molecule has 1 heterocycles. The number of nitrogens with one attached hydrogen (secondary N) is 1. The van der Waals surface area contributed by atoms with E-state index in [4.69, 9.17) is 0 Å². The van der Waals surface area contributed by atoms with Crippen LogP contribution < -0.4 is 5.32 Å². The predicted molar refractivity (Wildman–Crippen MR) is 84.3 cm³/mol. The molecule has 120 valence electrons. The average molecular weight is 314 g/mol. The first-order valence-corrected chi connectivity index (χ1v) is 8.85. The number of hydrogen-bond donors (Lipinski definition) is 2. The number of carboxylic acids is 1. The number of nitrogens with zero attached hydrogens (tertiary/aromatic N) is 1. The van der Waals surface area contributed by atoms with Crippen molar-refractivity contribution in [1.82, 2.24) is 10.2 Å². The van der Waals surface area contributed by atoms with Crippen LogP contribution in [0.5, 0.6) is 0 Å². The Morgan fingerprint density at radius 3 is 2.62 bits per heavy atom. The van der Waals surface area contributed by atoms with E-state index in [-0.39, 0.29) is 17.3 Å². The maximum atomic E-state index is 12.5. The summed E-state index contributed by atoms with van der Waals surface area (Å²) in [5.74, 6) is 1.10. The highest BCUT2D eigenvalue weighted by molar-refractivity contribution is 8.00. The van der Waals surface area contributed by atoms with Gasteiger partial charge in [0.15, 0.2) is 0 Å². The predicted octanol–water partition coefficient (Wildman–Crippen LogP) is 2.62. The Hall–Kier alpha value is -0.910. The molecule has 2 N–H and O–H groups in total. The molecule has 0 spiro atoms. The third-order valence-corrected chi connectivity index (χ3v) is 6.09. The monoisotopic (exact) mass is 314 g/mol. The Bertz CT molecular complexity index is 402. The number of amides is 2. The second-order valence-electron chi connectivity index (χ2n) is 6.70. The number of hydrogen-bond acceptors (Lipinski definition) is 3. The molecule has 6 heteroatoms. The van der Waals surface area contributed by atoms with Crippen molar-refractivity contribution >= 4 is 23.8 Å². The highest BCUT2D eigenvalue weighted by atomic mass is 32.2. The van der Waals surface area contributed by atoms with Crippen molar-refractivity contribution in [2.75, 3.05) is 12.3 Å². The fourth-order valence-corrected chi connectivity index (χ4v) is 4.79. The maximum absolute atomic E-state index is 12.5. The topological polar surface area (TPSA) is 69.6 Å². The van der Waals surface area contributed by atoms with E-state index in [1.54, 1.807) is 11.8 Å². The second-order valence-corrected chi connectivity index (χ2v) is 7.85. The molecule has 2 rings (SSSR count). The smallest absolute Gasteiger partial charge is 0.327 e. The van der Waals surface area contributed by atoms with Crippen LogP contribution in [-0.2, 0) is 4.79 Å². The fourth-order valence-electron chi connectivity index (χ4n) is 3.32. The van der Waals surface area contributed by atoms with E-state index in [0.29, 0.717) is 18.2 Å². The van der Waals surface area contributed by atoms with Crippen molar-refractivity contribution in [3.8, 4) is 0 Å². The van der Waals surface area contributed by atoms with Crippen LogP contribution in [0.4, 0.5) is 4.79 Å². The number of aliphatic carboxylic acids is 1. The lowest BCUT2D eigenvalue weighted by molar-refractivity contribution is -0.141. The molecule has 1 aliphatic heterocycles. The molecule has 4 unspecified atom stereocenters. The van der Waals surface area contributed by atoms with Crippen molar-refractivity contribution in [3.05, 3.63) is 0 Å². The summed E-state index contributed by atoms with van der Waals surface area (Å²) in [4.78, 5) is 25.3. The van der Waals surface area contributed by atoms with Crippen molar-refractivity contribution in [1.29, 1.82) is 0 Å². The molecule has 1 aliphatic carbocycles. The zero-order chi connectivity index (χ0) is 15.6. The van der Waals surface area contributed by atoms with Gasteiger partial charge in [0.1, 0.15) is 6.04 Å². The third kappa shape index (κ3) is 3.84. The summed E-state index contributed by atoms with van der Waals surface area (Å²) >= 11 is 1.57. The molecule has 2 aliphatic rings. The summed E-state index contributed by atoms with van der Waals surface area (Å²) in [7, 11) is 0. The summed E-state index contributed by atoms with van der Waals surface area (Å²) in [5, 5.41) is 12.2. The number of urea groups is 1. The fraction of sp³-hybridized carbons (Fsp3) is 0.867. The first-order valence-electron chi connectivity index (χ1n) is 7.80. The van der Waals surface area contributed by atoms with Crippen LogP contribution in [0.25, 0.3) is 0 Å². The minimum Gasteiger partial charge on any atom is -0.480 e.